The van der Waals surface area contributed by atoms with Crippen molar-refractivity contribution in [3.05, 3.63) is 59.5 Å². The monoisotopic (exact) mass is 554 g/mol. The quantitative estimate of drug-likeness (QED) is 0.398. The number of hydrogen-bond donors (Lipinski definition) is 2. The maximum absolute atomic E-state index is 12.8. The number of likely N-dealkylation sites (tertiary alicyclic amines) is 1. The first-order chi connectivity index (χ1) is 18.6. The highest BCUT2D eigenvalue weighted by Crippen LogP contribution is 2.40. The van der Waals surface area contributed by atoms with Gasteiger partial charge in [0.25, 0.3) is 0 Å². The molecule has 5 rings (SSSR count). The van der Waals surface area contributed by atoms with Crippen molar-refractivity contribution in [3.63, 3.8) is 0 Å². The van der Waals surface area contributed by atoms with Crippen LogP contribution in [-0.2, 0) is 27.5 Å². The van der Waals surface area contributed by atoms with Gasteiger partial charge in [0.1, 0.15) is 17.2 Å². The predicted molar refractivity (Wildman–Crippen MR) is 144 cm³/mol. The molecule has 2 saturated heterocycles. The summed E-state index contributed by atoms with van der Waals surface area (Å²) < 4.78 is 6.74. The molecule has 2 N–H and O–H groups in total. The van der Waals surface area contributed by atoms with Gasteiger partial charge in [0.2, 0.25) is 11.9 Å². The number of aromatic nitrogens is 4. The number of amides is 1. The third-order valence-electron chi connectivity index (χ3n) is 6.26. The number of halogens is 1. The smallest absolute Gasteiger partial charge is 0.427 e. The summed E-state index contributed by atoms with van der Waals surface area (Å²) in [4.78, 5) is 40.2. The van der Waals surface area contributed by atoms with Gasteiger partial charge >= 0.3 is 6.16 Å². The molecule has 2 fully saturated rings. The molecule has 206 valence electrons. The van der Waals surface area contributed by atoms with Crippen LogP contribution in [0.15, 0.2) is 48.9 Å². The summed E-state index contributed by atoms with van der Waals surface area (Å²) in [6, 6.07) is 9.93. The highest BCUT2D eigenvalue weighted by molar-refractivity contribution is 6.32. The molecule has 0 atom stereocenters. The van der Waals surface area contributed by atoms with E-state index in [1.165, 1.54) is 6.20 Å². The first-order valence-corrected chi connectivity index (χ1v) is 13.0. The second-order valence-electron chi connectivity index (χ2n) is 10.9. The van der Waals surface area contributed by atoms with Gasteiger partial charge in [-0.1, -0.05) is 41.9 Å². The van der Waals surface area contributed by atoms with Crippen molar-refractivity contribution in [2.45, 2.75) is 39.5 Å². The lowest BCUT2D eigenvalue weighted by atomic mass is 9.74. The van der Waals surface area contributed by atoms with Crippen LogP contribution < -0.4 is 10.6 Å². The lowest BCUT2D eigenvalue weighted by Crippen LogP contribution is -2.73. The van der Waals surface area contributed by atoms with Gasteiger partial charge in [-0.05, 0) is 26.3 Å². The molecule has 3 aromatic rings. The summed E-state index contributed by atoms with van der Waals surface area (Å²) in [7, 11) is 0. The number of benzene rings is 1. The zero-order valence-electron chi connectivity index (χ0n) is 22.1. The van der Waals surface area contributed by atoms with Crippen LogP contribution in [0, 0.1) is 5.41 Å². The van der Waals surface area contributed by atoms with Gasteiger partial charge in [0.15, 0.2) is 5.82 Å². The van der Waals surface area contributed by atoms with Crippen molar-refractivity contribution in [1.29, 1.82) is 0 Å². The normalized spacial score (nSPS) is 16.3. The molecule has 1 spiro atoms. The molecule has 4 heterocycles. The lowest BCUT2D eigenvalue weighted by Gasteiger charge is -2.58. The fourth-order valence-electron chi connectivity index (χ4n) is 4.50. The largest absolute Gasteiger partial charge is 0.528 e. The van der Waals surface area contributed by atoms with E-state index in [-0.39, 0.29) is 17.9 Å². The number of rotatable bonds is 8. The summed E-state index contributed by atoms with van der Waals surface area (Å²) >= 11 is 6.26. The fourth-order valence-corrected chi connectivity index (χ4v) is 4.65. The molecule has 13 heteroatoms. The topological polar surface area (TPSA) is 127 Å². The molecule has 1 aromatic carbocycles. The van der Waals surface area contributed by atoms with E-state index in [9.17, 15) is 9.59 Å². The Kier molecular flexibility index (Phi) is 7.32. The van der Waals surface area contributed by atoms with Crippen LogP contribution in [0.2, 0.25) is 5.02 Å². The van der Waals surface area contributed by atoms with Gasteiger partial charge in [0, 0.05) is 44.3 Å². The van der Waals surface area contributed by atoms with Crippen molar-refractivity contribution in [3.8, 4) is 0 Å². The zero-order valence-corrected chi connectivity index (χ0v) is 22.8. The SMILES string of the molecule is CC(C)(C)OC(=O)ON1CC2(C1)CN(C(=O)Cn1cc(Nc3ncc(Cl)c(NCc4ccccc4)n3)cn1)C2. The third kappa shape index (κ3) is 6.76. The minimum absolute atomic E-state index is 0.0306. The van der Waals surface area contributed by atoms with Crippen LogP contribution in [0.3, 0.4) is 0 Å². The van der Waals surface area contributed by atoms with Crippen LogP contribution in [-0.4, -0.2) is 73.6 Å². The number of nitrogens with zero attached hydrogens (tertiary/aromatic N) is 6. The zero-order chi connectivity index (χ0) is 27.6. The highest BCUT2D eigenvalue weighted by Gasteiger charge is 2.54. The molecular formula is C26H31ClN8O4. The predicted octanol–water partition coefficient (Wildman–Crippen LogP) is 3.69. The van der Waals surface area contributed by atoms with Crippen LogP contribution in [0.1, 0.15) is 26.3 Å². The average molecular weight is 555 g/mol. The van der Waals surface area contributed by atoms with Crippen molar-refractivity contribution in [2.75, 3.05) is 36.8 Å². The summed E-state index contributed by atoms with van der Waals surface area (Å²) in [5.41, 5.74) is 1.11. The second kappa shape index (κ2) is 10.7. The van der Waals surface area contributed by atoms with Gasteiger partial charge in [-0.3, -0.25) is 9.48 Å². The number of carbonyl (C=O) groups excluding carboxylic acids is 2. The minimum Gasteiger partial charge on any atom is -0.427 e. The summed E-state index contributed by atoms with van der Waals surface area (Å²) in [6.07, 6.45) is 4.15. The second-order valence-corrected chi connectivity index (χ2v) is 11.3. The number of hydroxylamine groups is 2. The third-order valence-corrected chi connectivity index (χ3v) is 6.53. The molecule has 39 heavy (non-hydrogen) atoms. The van der Waals surface area contributed by atoms with Gasteiger partial charge in [0.05, 0.1) is 18.1 Å². The average Bonchev–Trinajstić information content (AvgIpc) is 3.26. The molecule has 1 amide bonds. The van der Waals surface area contributed by atoms with Gasteiger partial charge < -0.3 is 25.1 Å². The van der Waals surface area contributed by atoms with E-state index in [1.54, 1.807) is 47.8 Å². The fraction of sp³-hybridized carbons (Fsp3) is 0.423. The molecule has 0 radical (unpaired) electrons. The Hall–Kier alpha value is -3.90. The van der Waals surface area contributed by atoms with E-state index in [0.29, 0.717) is 55.2 Å². The van der Waals surface area contributed by atoms with Crippen molar-refractivity contribution in [1.82, 2.24) is 29.7 Å². The maximum atomic E-state index is 12.8. The van der Waals surface area contributed by atoms with E-state index in [2.05, 4.69) is 25.7 Å². The van der Waals surface area contributed by atoms with Crippen LogP contribution >= 0.6 is 11.6 Å². The molecule has 0 saturated carbocycles. The Morgan fingerprint density at radius 3 is 2.56 bits per heavy atom. The molecule has 2 aromatic heterocycles. The van der Waals surface area contributed by atoms with E-state index >= 15 is 0 Å². The van der Waals surface area contributed by atoms with Gasteiger partial charge in [-0.15, -0.1) is 5.06 Å². The molecule has 0 aliphatic carbocycles. The Morgan fingerprint density at radius 1 is 1.10 bits per heavy atom. The lowest BCUT2D eigenvalue weighted by molar-refractivity contribution is -0.255. The Bertz CT molecular complexity index is 1330. The summed E-state index contributed by atoms with van der Waals surface area (Å²) in [6.45, 7) is 8.43. The van der Waals surface area contributed by atoms with Gasteiger partial charge in [-0.2, -0.15) is 10.1 Å². The first kappa shape index (κ1) is 26.7. The standard InChI is InChI=1S/C26H31ClN8O4/c1-25(2,3)38-24(37)39-35-16-26(17-35)14-33(15-26)21(36)13-34-12-19(10-30-34)31-23-29-11-20(27)22(32-23)28-9-18-7-5-4-6-8-18/h4-8,10-12H,9,13-17H2,1-3H3,(H2,28,29,31,32). The van der Waals surface area contributed by atoms with Crippen LogP contribution in [0.4, 0.5) is 22.2 Å². The van der Waals surface area contributed by atoms with E-state index in [1.807, 2.05) is 30.3 Å². The maximum Gasteiger partial charge on any atom is 0.528 e. The molecular weight excluding hydrogens is 524 g/mol. The highest BCUT2D eigenvalue weighted by atomic mass is 35.5. The minimum atomic E-state index is -0.712. The van der Waals surface area contributed by atoms with E-state index < -0.39 is 11.8 Å². The molecule has 0 bridgehead atoms. The van der Waals surface area contributed by atoms with Gasteiger partial charge in [-0.25, -0.2) is 9.78 Å². The summed E-state index contributed by atoms with van der Waals surface area (Å²) in [5, 5.41) is 12.6. The molecule has 2 aliphatic rings. The molecule has 2 aliphatic heterocycles. The van der Waals surface area contributed by atoms with Crippen LogP contribution in [0.5, 0.6) is 0 Å². The number of carbonyl (C=O) groups is 2. The number of nitrogens with one attached hydrogen (secondary N) is 2. The van der Waals surface area contributed by atoms with Crippen molar-refractivity contribution >= 4 is 41.1 Å². The first-order valence-electron chi connectivity index (χ1n) is 12.6. The van der Waals surface area contributed by atoms with E-state index in [4.69, 9.17) is 21.2 Å². The Balaban J connectivity index is 1.07. The molecule has 12 nitrogen and oxygen atoms in total. The number of anilines is 3. The number of hydrogen-bond acceptors (Lipinski definition) is 10. The molecule has 0 unspecified atom stereocenters. The van der Waals surface area contributed by atoms with Crippen molar-refractivity contribution < 1.29 is 19.2 Å². The van der Waals surface area contributed by atoms with E-state index in [0.717, 1.165) is 5.56 Å². The summed E-state index contributed by atoms with van der Waals surface area (Å²) in [5.74, 6) is 0.837. The van der Waals surface area contributed by atoms with Crippen molar-refractivity contribution in [2.24, 2.45) is 5.41 Å². The number of ether oxygens (including phenoxy) is 1. The Labute approximate surface area is 231 Å². The van der Waals surface area contributed by atoms with Crippen LogP contribution in [0.25, 0.3) is 0 Å². The Morgan fingerprint density at radius 2 is 1.85 bits per heavy atom.